The molecule has 10 nitrogen and oxygen atoms in total. The van der Waals surface area contributed by atoms with Crippen molar-refractivity contribution in [2.24, 2.45) is 0 Å². The molecule has 1 aliphatic heterocycles. The second-order valence-electron chi connectivity index (χ2n) is 8.29. The van der Waals surface area contributed by atoms with Crippen molar-refractivity contribution in [3.63, 3.8) is 0 Å². The molecule has 2 aromatic rings. The Morgan fingerprint density at radius 3 is 2.25 bits per heavy atom. The molecule has 1 amide bonds. The van der Waals surface area contributed by atoms with Crippen LogP contribution in [-0.2, 0) is 30.4 Å². The molecule has 0 aliphatic carbocycles. The first-order valence-electron chi connectivity index (χ1n) is 11.1. The van der Waals surface area contributed by atoms with Gasteiger partial charge in [0.2, 0.25) is 0 Å². The summed E-state index contributed by atoms with van der Waals surface area (Å²) in [6, 6.07) is 15.0. The third-order valence-corrected chi connectivity index (χ3v) is 5.82. The highest BCUT2D eigenvalue weighted by Crippen LogP contribution is 2.40. The van der Waals surface area contributed by atoms with E-state index in [1.807, 2.05) is 30.3 Å². The highest BCUT2D eigenvalue weighted by atomic mass is 16.6. The molecule has 1 atom stereocenters. The number of carbonyl (C=O) groups is 3. The molecule has 0 bridgehead atoms. The van der Waals surface area contributed by atoms with Crippen molar-refractivity contribution in [3.8, 4) is 0 Å². The molecule has 0 saturated carbocycles. The molecule has 0 fully saturated rings. The van der Waals surface area contributed by atoms with Gasteiger partial charge in [-0.25, -0.2) is 9.59 Å². The average molecular weight is 494 g/mol. The van der Waals surface area contributed by atoms with Gasteiger partial charge in [0, 0.05) is 37.1 Å². The zero-order chi connectivity index (χ0) is 26.4. The zero-order valence-corrected chi connectivity index (χ0v) is 20.4. The second-order valence-corrected chi connectivity index (χ2v) is 8.29. The molecule has 1 heterocycles. The Hall–Kier alpha value is -4.47. The lowest BCUT2D eigenvalue weighted by Crippen LogP contribution is -2.34. The van der Waals surface area contributed by atoms with E-state index >= 15 is 0 Å². The van der Waals surface area contributed by atoms with Crippen LogP contribution in [0.15, 0.2) is 77.1 Å². The average Bonchev–Trinajstić information content (AvgIpc) is 2.86. The Kier molecular flexibility index (Phi) is 8.21. The first-order chi connectivity index (χ1) is 17.1. The number of nitrogens with one attached hydrogen (secondary N) is 1. The molecule has 0 radical (unpaired) electrons. The maximum atomic E-state index is 13.3. The molecule has 1 unspecified atom stereocenters. The lowest BCUT2D eigenvalue weighted by molar-refractivity contribution is -0.384. The maximum absolute atomic E-state index is 13.3. The summed E-state index contributed by atoms with van der Waals surface area (Å²) in [5, 5.41) is 14.4. The van der Waals surface area contributed by atoms with Crippen molar-refractivity contribution >= 4 is 23.5 Å². The maximum Gasteiger partial charge on any atom is 0.337 e. The van der Waals surface area contributed by atoms with Crippen LogP contribution in [0.3, 0.4) is 0 Å². The van der Waals surface area contributed by atoms with Gasteiger partial charge in [-0.2, -0.15) is 0 Å². The summed E-state index contributed by atoms with van der Waals surface area (Å²) in [5.74, 6) is -2.94. The fourth-order valence-electron chi connectivity index (χ4n) is 4.06. The van der Waals surface area contributed by atoms with Crippen LogP contribution >= 0.6 is 0 Å². The highest BCUT2D eigenvalue weighted by Gasteiger charge is 2.38. The number of likely N-dealkylation sites (N-methyl/N-ethyl adjacent to an activating group) is 1. The van der Waals surface area contributed by atoms with Crippen molar-refractivity contribution in [1.29, 1.82) is 0 Å². The van der Waals surface area contributed by atoms with Gasteiger partial charge < -0.3 is 19.7 Å². The summed E-state index contributed by atoms with van der Waals surface area (Å²) in [7, 11) is 2.81. The fraction of sp³-hybridized carbons (Fsp3) is 0.269. The molecule has 188 valence electrons. The van der Waals surface area contributed by atoms with Crippen LogP contribution in [0.2, 0.25) is 0 Å². The van der Waals surface area contributed by atoms with Crippen molar-refractivity contribution < 1.29 is 28.8 Å². The quantitative estimate of drug-likeness (QED) is 0.337. The predicted molar refractivity (Wildman–Crippen MR) is 130 cm³/mol. The molecule has 36 heavy (non-hydrogen) atoms. The zero-order valence-electron chi connectivity index (χ0n) is 20.4. The lowest BCUT2D eigenvalue weighted by atomic mass is 9.80. The number of nitro groups is 1. The third kappa shape index (κ3) is 5.77. The van der Waals surface area contributed by atoms with Crippen LogP contribution in [-0.4, -0.2) is 48.4 Å². The standard InChI is InChI=1S/C26H27N3O7/c1-16-22(25(31)35-4)24(19-11-8-12-20(13-19)29(33)34)23(17(2)27-16)26(32)36-15-21(30)28(3)14-18-9-6-5-7-10-18/h5-13,24,27H,14-15H2,1-4H3. The first-order valence-corrected chi connectivity index (χ1v) is 11.1. The number of rotatable bonds is 8. The number of non-ortho nitro benzene ring substituents is 1. The molecule has 0 spiro atoms. The summed E-state index contributed by atoms with van der Waals surface area (Å²) < 4.78 is 10.3. The van der Waals surface area contributed by atoms with Crippen molar-refractivity contribution in [2.75, 3.05) is 20.8 Å². The molecular weight excluding hydrogens is 466 g/mol. The number of ether oxygens (including phenoxy) is 2. The summed E-state index contributed by atoms with van der Waals surface area (Å²) in [5.41, 5.74) is 2.06. The summed E-state index contributed by atoms with van der Waals surface area (Å²) in [6.07, 6.45) is 0. The van der Waals surface area contributed by atoms with E-state index in [0.717, 1.165) is 5.56 Å². The molecule has 10 heteroatoms. The van der Waals surface area contributed by atoms with Gasteiger partial charge in [-0.05, 0) is 25.0 Å². The van der Waals surface area contributed by atoms with E-state index < -0.39 is 35.3 Å². The number of allylic oxidation sites excluding steroid dienone is 2. The van der Waals surface area contributed by atoms with E-state index in [4.69, 9.17) is 9.47 Å². The minimum atomic E-state index is -0.997. The Bertz CT molecular complexity index is 1250. The number of amides is 1. The highest BCUT2D eigenvalue weighted by molar-refractivity contribution is 6.00. The molecule has 0 aromatic heterocycles. The first kappa shape index (κ1) is 26.1. The van der Waals surface area contributed by atoms with E-state index in [2.05, 4.69) is 5.32 Å². The van der Waals surface area contributed by atoms with Gasteiger partial charge in [-0.15, -0.1) is 0 Å². The van der Waals surface area contributed by atoms with Crippen LogP contribution in [0.5, 0.6) is 0 Å². The smallest absolute Gasteiger partial charge is 0.337 e. The van der Waals surface area contributed by atoms with Gasteiger partial charge >= 0.3 is 11.9 Å². The van der Waals surface area contributed by atoms with Crippen LogP contribution in [0.4, 0.5) is 5.69 Å². The minimum absolute atomic E-state index is 0.0556. The number of esters is 2. The number of dihydropyridines is 1. The van der Waals surface area contributed by atoms with Gasteiger partial charge in [0.05, 0.1) is 29.1 Å². The van der Waals surface area contributed by atoms with Crippen molar-refractivity contribution in [1.82, 2.24) is 10.2 Å². The predicted octanol–water partition coefficient (Wildman–Crippen LogP) is 3.20. The van der Waals surface area contributed by atoms with Crippen LogP contribution in [0.1, 0.15) is 30.9 Å². The molecule has 3 rings (SSSR count). The molecule has 0 saturated heterocycles. The van der Waals surface area contributed by atoms with Crippen LogP contribution < -0.4 is 5.32 Å². The number of hydrogen-bond donors (Lipinski definition) is 1. The Morgan fingerprint density at radius 2 is 1.64 bits per heavy atom. The summed E-state index contributed by atoms with van der Waals surface area (Å²) in [4.78, 5) is 50.8. The third-order valence-electron chi connectivity index (χ3n) is 5.82. The number of carbonyl (C=O) groups excluding carboxylic acids is 3. The van der Waals surface area contributed by atoms with Gasteiger partial charge in [0.25, 0.3) is 11.6 Å². The normalized spacial score (nSPS) is 15.2. The van der Waals surface area contributed by atoms with Crippen LogP contribution in [0, 0.1) is 10.1 Å². The number of benzene rings is 2. The van der Waals surface area contributed by atoms with Crippen LogP contribution in [0.25, 0.3) is 0 Å². The Labute approximate surface area is 208 Å². The molecule has 1 N–H and O–H groups in total. The largest absolute Gasteiger partial charge is 0.466 e. The number of hydrogen-bond acceptors (Lipinski definition) is 8. The lowest BCUT2D eigenvalue weighted by Gasteiger charge is -2.30. The second kappa shape index (κ2) is 11.3. The van der Waals surface area contributed by atoms with E-state index in [1.54, 1.807) is 27.0 Å². The van der Waals surface area contributed by atoms with Gasteiger partial charge in [-0.1, -0.05) is 42.5 Å². The minimum Gasteiger partial charge on any atom is -0.466 e. The summed E-state index contributed by atoms with van der Waals surface area (Å²) in [6.45, 7) is 3.09. The number of nitrogens with zero attached hydrogens (tertiary/aromatic N) is 2. The fourth-order valence-corrected chi connectivity index (χ4v) is 4.06. The molecular formula is C26H27N3O7. The SMILES string of the molecule is COC(=O)C1=C(C)NC(C)=C(C(=O)OCC(=O)N(C)Cc2ccccc2)C1c1cccc([N+](=O)[O-])c1. The number of methoxy groups -OCH3 is 1. The Morgan fingerprint density at radius 1 is 1.00 bits per heavy atom. The van der Waals surface area contributed by atoms with E-state index in [9.17, 15) is 24.5 Å². The van der Waals surface area contributed by atoms with Gasteiger partial charge in [-0.3, -0.25) is 14.9 Å². The summed E-state index contributed by atoms with van der Waals surface area (Å²) >= 11 is 0. The monoisotopic (exact) mass is 493 g/mol. The number of nitro benzene ring substituents is 1. The van der Waals surface area contributed by atoms with E-state index in [-0.39, 0.29) is 16.8 Å². The van der Waals surface area contributed by atoms with E-state index in [1.165, 1.54) is 30.2 Å². The van der Waals surface area contributed by atoms with Crippen molar-refractivity contribution in [2.45, 2.75) is 26.3 Å². The molecule has 2 aromatic carbocycles. The van der Waals surface area contributed by atoms with Gasteiger partial charge in [0.15, 0.2) is 6.61 Å². The van der Waals surface area contributed by atoms with Crippen molar-refractivity contribution in [3.05, 3.63) is 98.4 Å². The van der Waals surface area contributed by atoms with Gasteiger partial charge in [0.1, 0.15) is 0 Å². The molecule has 1 aliphatic rings. The Balaban J connectivity index is 1.88. The topological polar surface area (TPSA) is 128 Å². The van der Waals surface area contributed by atoms with E-state index in [0.29, 0.717) is 23.5 Å².